The second-order valence-corrected chi connectivity index (χ2v) is 35.0. The van der Waals surface area contributed by atoms with Crippen LogP contribution in [0.2, 0.25) is 0 Å². The summed E-state index contributed by atoms with van der Waals surface area (Å²) < 4.78 is 15.2. The van der Waals surface area contributed by atoms with Crippen LogP contribution in [0, 0.1) is 97.6 Å². The molecule has 7 saturated carbocycles. The van der Waals surface area contributed by atoms with Crippen molar-refractivity contribution in [1.29, 1.82) is 0 Å². The Kier molecular flexibility index (Phi) is 11.0. The Bertz CT molecular complexity index is 3110. The number of esters is 2. The van der Waals surface area contributed by atoms with E-state index in [4.69, 9.17) is 15.2 Å². The van der Waals surface area contributed by atoms with Gasteiger partial charge in [0.25, 0.3) is 0 Å². The van der Waals surface area contributed by atoms with Crippen molar-refractivity contribution in [2.24, 2.45) is 103 Å². The molecule has 11 aliphatic carbocycles. The first-order chi connectivity index (χ1) is 40.0. The second-order valence-electron chi connectivity index (χ2n) is 32.4. The summed E-state index contributed by atoms with van der Waals surface area (Å²) >= 11 is 0. The fourth-order valence-corrected chi connectivity index (χ4v) is 31.1. The highest BCUT2D eigenvalue weighted by Crippen LogP contribution is 2.90. The van der Waals surface area contributed by atoms with E-state index in [0.29, 0.717) is 101 Å². The van der Waals surface area contributed by atoms with Gasteiger partial charge >= 0.3 is 11.9 Å². The normalized spacial score (nSPS) is 49.8. The number of benzene rings is 1. The lowest BCUT2D eigenvalue weighted by Gasteiger charge is -2.75. The number of aliphatic hydroxyl groups is 1. The Labute approximate surface area is 497 Å². The predicted molar refractivity (Wildman–Crippen MR) is 323 cm³/mol. The minimum atomic E-state index is -1.15. The molecule has 16 bridgehead atoms. The SMILES string of the molecule is C[C@@H]1CC2=C3[C@H]4C5=C6[C@H]7C[C@]41C[C@H]1CSSC[C@@H]4CCCC[C@H]4[C@@H](C=C17)C[C@H]1[C@]64C(=O)O/C(=C(/O)C[C@H]([C@H]6CC7(CCCC7)[C@]7(CCCC78CCCC8)C6)N6C[C@@H]7C[C@H](C6)[C@@H](CC2)N3C7)[C@@]4(CC5)[C@]12OC(=O)c1c(CCCN)cccc12. The molecule has 1 unspecified atom stereocenters. The van der Waals surface area contributed by atoms with Crippen LogP contribution in [-0.4, -0.2) is 76.6 Å². The van der Waals surface area contributed by atoms with Crippen molar-refractivity contribution in [3.05, 3.63) is 80.5 Å². The third kappa shape index (κ3) is 5.95. The first kappa shape index (κ1) is 51.4. The first-order valence-electron chi connectivity index (χ1n) is 34.7. The maximum absolute atomic E-state index is 17.2. The molecule has 19 atom stereocenters. The van der Waals surface area contributed by atoms with Gasteiger partial charge in [0.05, 0.1) is 11.0 Å². The van der Waals surface area contributed by atoms with Gasteiger partial charge in [-0.1, -0.05) is 114 Å². The molecule has 10 fully saturated rings. The van der Waals surface area contributed by atoms with Gasteiger partial charge in [-0.05, 0) is 222 Å². The summed E-state index contributed by atoms with van der Waals surface area (Å²) in [6, 6.07) is 7.31. The van der Waals surface area contributed by atoms with Crippen molar-refractivity contribution in [3.8, 4) is 0 Å². The molecule has 1 aromatic rings. The predicted octanol–water partition coefficient (Wildman–Crippen LogP) is 14.9. The van der Waals surface area contributed by atoms with Crippen LogP contribution < -0.4 is 5.73 Å². The smallest absolute Gasteiger partial charge is 0.339 e. The monoisotopic (exact) mass is 1140 g/mol. The molecule has 0 amide bonds. The van der Waals surface area contributed by atoms with Crippen molar-refractivity contribution in [2.45, 2.75) is 211 Å². The van der Waals surface area contributed by atoms with Gasteiger partial charge in [0.15, 0.2) is 11.4 Å². The lowest BCUT2D eigenvalue weighted by Crippen LogP contribution is -2.78. The Morgan fingerprint density at radius 2 is 1.62 bits per heavy atom. The second kappa shape index (κ2) is 17.6. The number of hydrogen-bond donors (Lipinski definition) is 2. The van der Waals surface area contributed by atoms with E-state index in [0.717, 1.165) is 61.2 Å². The van der Waals surface area contributed by atoms with Crippen molar-refractivity contribution < 1.29 is 24.2 Å². The highest BCUT2D eigenvalue weighted by atomic mass is 33.1. The summed E-state index contributed by atoms with van der Waals surface area (Å²) in [7, 11) is 4.37. The minimum Gasteiger partial charge on any atom is -0.509 e. The maximum atomic E-state index is 17.2. The van der Waals surface area contributed by atoms with E-state index in [2.05, 4.69) is 62.6 Å². The van der Waals surface area contributed by atoms with Crippen LogP contribution in [0.4, 0.5) is 0 Å². The zero-order valence-electron chi connectivity index (χ0n) is 49.4. The molecule has 10 heterocycles. The average molecular weight is 1140 g/mol. The number of aryl methyl sites for hydroxylation is 1. The summed E-state index contributed by atoms with van der Waals surface area (Å²) in [4.78, 5) is 39.1. The topological polar surface area (TPSA) is 105 Å². The van der Waals surface area contributed by atoms with E-state index in [-0.39, 0.29) is 47.1 Å². The van der Waals surface area contributed by atoms with E-state index < -0.39 is 16.4 Å². The molecule has 10 aliphatic heterocycles. The van der Waals surface area contributed by atoms with Crippen LogP contribution in [0.1, 0.15) is 208 Å². The molecule has 22 rings (SSSR count). The van der Waals surface area contributed by atoms with Crippen LogP contribution in [0.25, 0.3) is 0 Å². The van der Waals surface area contributed by atoms with Gasteiger partial charge in [-0.15, -0.1) is 0 Å². The number of ether oxygens (including phenoxy) is 2. The van der Waals surface area contributed by atoms with Crippen LogP contribution in [-0.2, 0) is 26.3 Å². The van der Waals surface area contributed by atoms with Crippen molar-refractivity contribution in [1.82, 2.24) is 9.80 Å². The zero-order chi connectivity index (χ0) is 54.5. The van der Waals surface area contributed by atoms with Crippen LogP contribution >= 0.6 is 21.6 Å². The van der Waals surface area contributed by atoms with Gasteiger partial charge in [0.2, 0.25) is 0 Å². The Morgan fingerprint density at radius 3 is 2.49 bits per heavy atom. The number of carbonyl (C=O) groups is 2. The lowest BCUT2D eigenvalue weighted by atomic mass is 9.26. The van der Waals surface area contributed by atoms with E-state index in [1.807, 2.05) is 0 Å². The number of nitrogens with two attached hydrogens (primary N) is 1. The fraction of sp³-hybridized carbons (Fsp3) is 0.778. The quantitative estimate of drug-likeness (QED) is 0.172. The van der Waals surface area contributed by atoms with Gasteiger partial charge in [-0.25, -0.2) is 4.79 Å². The number of hydrogen-bond acceptors (Lipinski definition) is 10. The third-order valence-corrected chi connectivity index (χ3v) is 33.0. The number of aliphatic hydroxyl groups excluding tert-OH is 1. The highest BCUT2D eigenvalue weighted by Gasteiger charge is 2.94. The molecule has 1 aromatic carbocycles. The van der Waals surface area contributed by atoms with Crippen LogP contribution in [0.5, 0.6) is 0 Å². The van der Waals surface area contributed by atoms with E-state index in [1.165, 1.54) is 159 Å². The lowest BCUT2D eigenvalue weighted by molar-refractivity contribution is -0.284. The van der Waals surface area contributed by atoms with E-state index in [9.17, 15) is 5.11 Å². The number of fused-ring (bicyclic) bond motifs is 8. The van der Waals surface area contributed by atoms with Gasteiger partial charge in [0.1, 0.15) is 11.2 Å². The summed E-state index contributed by atoms with van der Waals surface area (Å²) in [5.41, 5.74) is 15.4. The molecule has 10 heteroatoms. The van der Waals surface area contributed by atoms with Crippen molar-refractivity contribution in [2.75, 3.05) is 37.7 Å². The average Bonchev–Trinajstić information content (AvgIpc) is 1.26. The van der Waals surface area contributed by atoms with Crippen LogP contribution in [0.3, 0.4) is 0 Å². The Morgan fingerprint density at radius 1 is 0.793 bits per heavy atom. The standard InChI is InChI=1S/C72H93N3O5S2/c1-41-27-44-16-17-55-47-28-42-36-74(38-47)56(48-32-67(21-6-7-22-67)69(34-48)24-10-23-66(69)19-4-5-20-66)31-57(76)63-70-25-18-51-60-53-35-68(41,61(51)62(44)75(55)37-42)33-49-40-82-81-39-45-11-2-3-14-50(45)46(29-52(49)53)30-58(71(60,70)65(78)79-63)72(70)54-15-8-12-43(13-9-26-73)59(54)64(77)80-72/h8,12,15,29,41-42,45-50,53,55-56,58,61,76H,2-7,9-11,13-14,16-28,30-40,73H2,1H3/b52-29?,63-57+/t41-,42+,45+,46+,47-,48+,49+,50-,53+,55-,56-,58+,61-,68+,69-,70-,71-,72-/m1/s1. The Hall–Kier alpha value is -2.66. The van der Waals surface area contributed by atoms with E-state index >= 15 is 9.59 Å². The number of rotatable bonds is 4. The summed E-state index contributed by atoms with van der Waals surface area (Å²) in [6.07, 6.45) is 37.8. The molecule has 3 N–H and O–H groups in total. The molecule has 21 aliphatic rings. The molecule has 0 radical (unpaired) electrons. The molecule has 82 heavy (non-hydrogen) atoms. The van der Waals surface area contributed by atoms with Gasteiger partial charge in [-0.3, -0.25) is 9.69 Å². The largest absolute Gasteiger partial charge is 0.509 e. The summed E-state index contributed by atoms with van der Waals surface area (Å²) in [5, 5.41) is 14.3. The summed E-state index contributed by atoms with van der Waals surface area (Å²) in [5.74, 6) is 7.11. The molecule has 7 spiro atoms. The third-order valence-electron chi connectivity index (χ3n) is 30.4. The maximum Gasteiger partial charge on any atom is 0.339 e. The van der Waals surface area contributed by atoms with Crippen LogP contribution in [0.15, 0.2) is 63.8 Å². The molecular formula is C72H93N3O5S2. The molecule has 8 nitrogen and oxygen atoms in total. The Balaban J connectivity index is 0.885. The molecular weight excluding hydrogens is 1050 g/mol. The number of nitrogens with zero attached hydrogens (tertiary/aromatic N) is 2. The van der Waals surface area contributed by atoms with Gasteiger partial charge < -0.3 is 25.2 Å². The minimum absolute atomic E-state index is 0.100. The zero-order valence-corrected chi connectivity index (χ0v) is 51.1. The molecule has 3 saturated heterocycles. The van der Waals surface area contributed by atoms with E-state index in [1.54, 1.807) is 22.4 Å². The molecule has 438 valence electrons. The van der Waals surface area contributed by atoms with Gasteiger partial charge in [-0.2, -0.15) is 0 Å². The number of piperidine rings is 2. The van der Waals surface area contributed by atoms with Crippen molar-refractivity contribution in [3.63, 3.8) is 0 Å². The van der Waals surface area contributed by atoms with Gasteiger partial charge in [0, 0.05) is 78.7 Å². The highest BCUT2D eigenvalue weighted by molar-refractivity contribution is 8.76. The summed E-state index contributed by atoms with van der Waals surface area (Å²) in [6.45, 7) is 6.62. The number of allylic oxidation sites excluding steroid dienone is 4. The fourth-order valence-electron chi connectivity index (χ4n) is 28.3. The number of carbonyl (C=O) groups excluding carboxylic acids is 2. The first-order valence-corrected chi connectivity index (χ1v) is 37.2. The van der Waals surface area contributed by atoms with Crippen molar-refractivity contribution >= 4 is 33.5 Å². The molecule has 0 aromatic heterocycles.